The van der Waals surface area contributed by atoms with Gasteiger partial charge in [-0.15, -0.1) is 0 Å². The van der Waals surface area contributed by atoms with Gasteiger partial charge in [0.05, 0.1) is 17.1 Å². The molecular weight excluding hydrogens is 408 g/mol. The zero-order valence-corrected chi connectivity index (χ0v) is 17.7. The van der Waals surface area contributed by atoms with Gasteiger partial charge in [0.1, 0.15) is 17.6 Å². The van der Waals surface area contributed by atoms with Crippen LogP contribution < -0.4 is 0 Å². The molecule has 1 N–H and O–H groups in total. The molecular formula is C21H24N2O6S. The highest BCUT2D eigenvalue weighted by atomic mass is 32.2. The number of hydrogen-bond donors (Lipinski definition) is 1. The van der Waals surface area contributed by atoms with Crippen molar-refractivity contribution in [1.82, 2.24) is 9.21 Å². The first-order valence-electron chi connectivity index (χ1n) is 9.80. The van der Waals surface area contributed by atoms with E-state index in [-0.39, 0.29) is 17.3 Å². The summed E-state index contributed by atoms with van der Waals surface area (Å²) in [6, 6.07) is 6.39. The highest BCUT2D eigenvalue weighted by Crippen LogP contribution is 2.34. The quantitative estimate of drug-likeness (QED) is 0.597. The van der Waals surface area contributed by atoms with Gasteiger partial charge in [0.15, 0.2) is 5.76 Å². The number of carbonyl (C=O) groups is 1. The Morgan fingerprint density at radius 1 is 1.13 bits per heavy atom. The molecule has 0 unspecified atom stereocenters. The van der Waals surface area contributed by atoms with Crippen LogP contribution in [0.3, 0.4) is 0 Å². The normalized spacial score (nSPS) is 16.5. The number of sulfonamides is 1. The minimum atomic E-state index is -3.29. The molecule has 1 aliphatic rings. The van der Waals surface area contributed by atoms with E-state index >= 15 is 0 Å². The van der Waals surface area contributed by atoms with Gasteiger partial charge in [-0.25, -0.2) is 8.42 Å². The molecule has 4 rings (SSSR count). The third-order valence-electron chi connectivity index (χ3n) is 5.48. The summed E-state index contributed by atoms with van der Waals surface area (Å²) in [4.78, 5) is 14.9. The first kappa shape index (κ1) is 20.6. The molecule has 0 spiro atoms. The smallest absolute Gasteiger partial charge is 0.232 e. The van der Waals surface area contributed by atoms with Crippen molar-refractivity contribution >= 4 is 26.8 Å². The molecule has 2 aromatic heterocycles. The zero-order valence-electron chi connectivity index (χ0n) is 16.9. The second-order valence-corrected chi connectivity index (χ2v) is 10.2. The van der Waals surface area contributed by atoms with Crippen molar-refractivity contribution in [2.75, 3.05) is 26.2 Å². The Bertz CT molecular complexity index is 1160. The Kier molecular flexibility index (Phi) is 5.44. The standard InChI is InChI=1S/C21H24N2O6S/c1-14(2)30(26,27)23-9-7-22(8-10-23)12-15-17(24)5-6-18-20(15)16(13-29-18)21(25)19-4-3-11-28-19/h3-6,11,13-14,24H,7-10,12H2,1-2H3. The van der Waals surface area contributed by atoms with E-state index in [0.29, 0.717) is 54.8 Å². The number of hydrogen-bond acceptors (Lipinski definition) is 7. The summed E-state index contributed by atoms with van der Waals surface area (Å²) >= 11 is 0. The number of ketones is 1. The molecule has 160 valence electrons. The Labute approximate surface area is 174 Å². The van der Waals surface area contributed by atoms with Crippen LogP contribution in [0.5, 0.6) is 5.75 Å². The first-order chi connectivity index (χ1) is 14.3. The lowest BCUT2D eigenvalue weighted by molar-refractivity contribution is 0.101. The summed E-state index contributed by atoms with van der Waals surface area (Å²) in [6.07, 6.45) is 2.81. The molecule has 1 saturated heterocycles. The Morgan fingerprint density at radius 3 is 2.50 bits per heavy atom. The maximum absolute atomic E-state index is 12.8. The number of phenols is 1. The van der Waals surface area contributed by atoms with E-state index in [2.05, 4.69) is 4.90 Å². The lowest BCUT2D eigenvalue weighted by atomic mass is 10.0. The number of piperazine rings is 1. The van der Waals surface area contributed by atoms with Gasteiger partial charge < -0.3 is 13.9 Å². The maximum Gasteiger partial charge on any atom is 0.232 e. The topological polar surface area (TPSA) is 104 Å². The molecule has 0 saturated carbocycles. The molecule has 0 bridgehead atoms. The molecule has 1 fully saturated rings. The number of aromatic hydroxyl groups is 1. The fourth-order valence-electron chi connectivity index (χ4n) is 3.72. The predicted octanol–water partition coefficient (Wildman–Crippen LogP) is 2.82. The SMILES string of the molecule is CC(C)S(=O)(=O)N1CCN(Cc2c(O)ccc3occ(C(=O)c4ccco4)c23)CC1. The highest BCUT2D eigenvalue weighted by molar-refractivity contribution is 7.89. The van der Waals surface area contributed by atoms with Gasteiger partial charge in [-0.1, -0.05) is 0 Å². The van der Waals surface area contributed by atoms with Crippen molar-refractivity contribution in [3.8, 4) is 5.75 Å². The number of phenolic OH excluding ortho intramolecular Hbond substituents is 1. The van der Waals surface area contributed by atoms with E-state index in [1.54, 1.807) is 38.1 Å². The molecule has 3 aromatic rings. The van der Waals surface area contributed by atoms with Gasteiger partial charge in [-0.2, -0.15) is 4.31 Å². The number of nitrogens with zero attached hydrogens (tertiary/aromatic N) is 2. The van der Waals surface area contributed by atoms with Gasteiger partial charge in [-0.3, -0.25) is 9.69 Å². The summed E-state index contributed by atoms with van der Waals surface area (Å²) in [5, 5.41) is 10.6. The monoisotopic (exact) mass is 432 g/mol. The van der Waals surface area contributed by atoms with E-state index in [4.69, 9.17) is 8.83 Å². The fraction of sp³-hybridized carbons (Fsp3) is 0.381. The molecule has 8 nitrogen and oxygen atoms in total. The van der Waals surface area contributed by atoms with Crippen molar-refractivity contribution < 1.29 is 27.2 Å². The average Bonchev–Trinajstić information content (AvgIpc) is 3.40. The molecule has 0 amide bonds. The molecule has 9 heteroatoms. The van der Waals surface area contributed by atoms with Crippen LogP contribution in [0.2, 0.25) is 0 Å². The van der Waals surface area contributed by atoms with Crippen LogP contribution in [0.25, 0.3) is 11.0 Å². The average molecular weight is 432 g/mol. The van der Waals surface area contributed by atoms with Crippen LogP contribution in [0.1, 0.15) is 35.5 Å². The van der Waals surface area contributed by atoms with E-state index < -0.39 is 15.3 Å². The lowest BCUT2D eigenvalue weighted by Gasteiger charge is -2.35. The second kappa shape index (κ2) is 7.90. The van der Waals surface area contributed by atoms with Crippen molar-refractivity contribution in [1.29, 1.82) is 0 Å². The molecule has 30 heavy (non-hydrogen) atoms. The highest BCUT2D eigenvalue weighted by Gasteiger charge is 2.30. The lowest BCUT2D eigenvalue weighted by Crippen LogP contribution is -2.49. The number of furan rings is 2. The Hall–Kier alpha value is -2.62. The summed E-state index contributed by atoms with van der Waals surface area (Å²) in [7, 11) is -3.29. The molecule has 0 aliphatic carbocycles. The van der Waals surface area contributed by atoms with E-state index in [0.717, 1.165) is 0 Å². The molecule has 1 aromatic carbocycles. The summed E-state index contributed by atoms with van der Waals surface area (Å²) < 4.78 is 37.1. The third kappa shape index (κ3) is 3.64. The number of benzene rings is 1. The number of carbonyl (C=O) groups excluding carboxylic acids is 1. The second-order valence-electron chi connectivity index (χ2n) is 7.66. The molecule has 1 aliphatic heterocycles. The van der Waals surface area contributed by atoms with Gasteiger partial charge in [0.25, 0.3) is 0 Å². The van der Waals surface area contributed by atoms with E-state index in [9.17, 15) is 18.3 Å². The molecule has 3 heterocycles. The molecule has 0 radical (unpaired) electrons. The Balaban J connectivity index is 1.60. The van der Waals surface area contributed by atoms with Gasteiger partial charge >= 0.3 is 0 Å². The van der Waals surface area contributed by atoms with Crippen molar-refractivity contribution in [2.24, 2.45) is 0 Å². The van der Waals surface area contributed by atoms with Gasteiger partial charge in [0.2, 0.25) is 15.8 Å². The van der Waals surface area contributed by atoms with E-state index in [1.807, 2.05) is 0 Å². The minimum Gasteiger partial charge on any atom is -0.508 e. The van der Waals surface area contributed by atoms with Crippen LogP contribution in [-0.2, 0) is 16.6 Å². The van der Waals surface area contributed by atoms with Crippen molar-refractivity contribution in [3.63, 3.8) is 0 Å². The fourth-order valence-corrected chi connectivity index (χ4v) is 4.99. The van der Waals surface area contributed by atoms with Crippen molar-refractivity contribution in [3.05, 3.63) is 53.7 Å². The zero-order chi connectivity index (χ0) is 21.5. The van der Waals surface area contributed by atoms with Crippen LogP contribution in [-0.4, -0.2) is 59.9 Å². The first-order valence-corrected chi connectivity index (χ1v) is 11.3. The van der Waals surface area contributed by atoms with Crippen LogP contribution >= 0.6 is 0 Å². The van der Waals surface area contributed by atoms with Crippen LogP contribution in [0.4, 0.5) is 0 Å². The largest absolute Gasteiger partial charge is 0.508 e. The number of fused-ring (bicyclic) bond motifs is 1. The van der Waals surface area contributed by atoms with Gasteiger partial charge in [0, 0.05) is 43.7 Å². The Morgan fingerprint density at radius 2 is 1.87 bits per heavy atom. The maximum atomic E-state index is 12.8. The van der Waals surface area contributed by atoms with Crippen LogP contribution in [0.15, 0.2) is 45.6 Å². The summed E-state index contributed by atoms with van der Waals surface area (Å²) in [5.74, 6) is -0.0624. The summed E-state index contributed by atoms with van der Waals surface area (Å²) in [6.45, 7) is 5.56. The molecule has 0 atom stereocenters. The summed E-state index contributed by atoms with van der Waals surface area (Å²) in [5.41, 5.74) is 1.40. The van der Waals surface area contributed by atoms with E-state index in [1.165, 1.54) is 16.8 Å². The third-order valence-corrected chi connectivity index (χ3v) is 7.76. The minimum absolute atomic E-state index is 0.0645. The number of rotatable bonds is 6. The van der Waals surface area contributed by atoms with Crippen LogP contribution in [0, 0.1) is 0 Å². The predicted molar refractivity (Wildman–Crippen MR) is 111 cm³/mol. The van der Waals surface area contributed by atoms with Gasteiger partial charge in [-0.05, 0) is 38.1 Å². The van der Waals surface area contributed by atoms with Crippen molar-refractivity contribution in [2.45, 2.75) is 25.6 Å².